The summed E-state index contributed by atoms with van der Waals surface area (Å²) in [6, 6.07) is 7.90. The maximum Gasteiger partial charge on any atom is 0.222 e. The second-order valence-electron chi connectivity index (χ2n) is 7.32. The van der Waals surface area contributed by atoms with E-state index in [1.807, 2.05) is 12.3 Å². The fourth-order valence-electron chi connectivity index (χ4n) is 3.74. The molecule has 1 aliphatic rings. The van der Waals surface area contributed by atoms with Gasteiger partial charge in [-0.25, -0.2) is 4.39 Å². The van der Waals surface area contributed by atoms with Gasteiger partial charge in [0.25, 0.3) is 0 Å². The molecule has 3 rings (SSSR count). The van der Waals surface area contributed by atoms with E-state index in [4.69, 9.17) is 0 Å². The van der Waals surface area contributed by atoms with Gasteiger partial charge in [0, 0.05) is 43.9 Å². The lowest BCUT2D eigenvalue weighted by atomic mass is 9.73. The largest absolute Gasteiger partial charge is 0.396 e. The molecule has 0 bridgehead atoms. The van der Waals surface area contributed by atoms with Crippen LogP contribution in [0.15, 0.2) is 42.7 Å². The van der Waals surface area contributed by atoms with Gasteiger partial charge < -0.3 is 15.1 Å². The summed E-state index contributed by atoms with van der Waals surface area (Å²) in [6.07, 6.45) is 4.76. The number of benzene rings is 1. The number of aliphatic hydroxyl groups excluding tert-OH is 2. The lowest BCUT2D eigenvalue weighted by Gasteiger charge is -2.45. The van der Waals surface area contributed by atoms with Gasteiger partial charge in [-0.3, -0.25) is 9.48 Å². The van der Waals surface area contributed by atoms with Crippen molar-refractivity contribution in [3.8, 4) is 0 Å². The fourth-order valence-corrected chi connectivity index (χ4v) is 3.74. The number of hydrogen-bond donors (Lipinski definition) is 2. The number of amides is 1. The summed E-state index contributed by atoms with van der Waals surface area (Å²) in [4.78, 5) is 14.3. The van der Waals surface area contributed by atoms with Crippen LogP contribution >= 0.6 is 0 Å². The summed E-state index contributed by atoms with van der Waals surface area (Å²) in [7, 11) is 0. The van der Waals surface area contributed by atoms with E-state index in [0.29, 0.717) is 45.3 Å². The zero-order valence-corrected chi connectivity index (χ0v) is 15.3. The van der Waals surface area contributed by atoms with Crippen LogP contribution < -0.4 is 0 Å². The highest BCUT2D eigenvalue weighted by molar-refractivity contribution is 5.76. The van der Waals surface area contributed by atoms with Crippen LogP contribution in [0.5, 0.6) is 0 Å². The van der Waals surface area contributed by atoms with Gasteiger partial charge in [-0.1, -0.05) is 12.1 Å². The van der Waals surface area contributed by atoms with Crippen molar-refractivity contribution in [2.75, 3.05) is 19.7 Å². The van der Waals surface area contributed by atoms with Gasteiger partial charge in [0.2, 0.25) is 5.91 Å². The number of rotatable bonds is 7. The Hall–Kier alpha value is -2.25. The van der Waals surface area contributed by atoms with E-state index in [0.717, 1.165) is 5.56 Å². The summed E-state index contributed by atoms with van der Waals surface area (Å²) in [6.45, 7) is 1.22. The van der Waals surface area contributed by atoms with E-state index in [1.54, 1.807) is 27.9 Å². The molecule has 1 amide bonds. The van der Waals surface area contributed by atoms with Crippen molar-refractivity contribution in [2.24, 2.45) is 5.41 Å². The minimum atomic E-state index is -0.826. The number of nitrogens with zero attached hydrogens (tertiary/aromatic N) is 3. The average Bonchev–Trinajstić information content (AvgIpc) is 3.19. The first kappa shape index (κ1) is 19.5. The molecule has 0 unspecified atom stereocenters. The number of piperidine rings is 1. The summed E-state index contributed by atoms with van der Waals surface area (Å²) in [5.74, 6) is -0.305. The summed E-state index contributed by atoms with van der Waals surface area (Å²) < 4.78 is 14.9. The van der Waals surface area contributed by atoms with E-state index in [2.05, 4.69) is 5.10 Å². The molecule has 0 spiro atoms. The topological polar surface area (TPSA) is 78.6 Å². The molecule has 1 fully saturated rings. The molecular formula is C20H26FN3O3. The van der Waals surface area contributed by atoms with Crippen molar-refractivity contribution in [1.82, 2.24) is 14.7 Å². The van der Waals surface area contributed by atoms with Gasteiger partial charge in [-0.05, 0) is 43.0 Å². The van der Waals surface area contributed by atoms with Gasteiger partial charge in [0.05, 0.1) is 12.7 Å². The fraction of sp³-hybridized carbons (Fsp3) is 0.500. The van der Waals surface area contributed by atoms with Crippen molar-refractivity contribution in [3.63, 3.8) is 0 Å². The predicted molar refractivity (Wildman–Crippen MR) is 98.3 cm³/mol. The highest BCUT2D eigenvalue weighted by Crippen LogP contribution is 2.34. The second-order valence-corrected chi connectivity index (χ2v) is 7.32. The van der Waals surface area contributed by atoms with Crippen LogP contribution in [0, 0.1) is 11.2 Å². The molecular weight excluding hydrogens is 349 g/mol. The van der Waals surface area contributed by atoms with E-state index in [-0.39, 0.29) is 18.3 Å². The molecule has 2 heterocycles. The molecule has 0 radical (unpaired) electrons. The maximum atomic E-state index is 13.1. The number of aliphatic hydroxyl groups is 2. The van der Waals surface area contributed by atoms with Crippen molar-refractivity contribution >= 4 is 5.91 Å². The number of carbonyl (C=O) groups is 1. The molecule has 1 aromatic heterocycles. The Kier molecular flexibility index (Phi) is 6.23. The standard InChI is InChI=1S/C20H26FN3O3/c21-17-6-4-16(5-7-17)13-20(15-25)14-23(12-8-18(20)26)19(27)3-1-10-24-11-2-9-22-24/h2,4-7,9,11,18,25-26H,1,3,8,10,12-15H2/t18-,20-/m0/s1. The quantitative estimate of drug-likeness (QED) is 0.771. The molecule has 1 aliphatic heterocycles. The molecule has 27 heavy (non-hydrogen) atoms. The van der Waals surface area contributed by atoms with Crippen LogP contribution in [0.3, 0.4) is 0 Å². The number of likely N-dealkylation sites (tertiary alicyclic amines) is 1. The molecule has 2 aromatic rings. The van der Waals surface area contributed by atoms with Crippen LogP contribution in [0.2, 0.25) is 0 Å². The average molecular weight is 375 g/mol. The monoisotopic (exact) mass is 375 g/mol. The van der Waals surface area contributed by atoms with Crippen molar-refractivity contribution < 1.29 is 19.4 Å². The molecule has 2 atom stereocenters. The third-order valence-electron chi connectivity index (χ3n) is 5.36. The molecule has 0 saturated carbocycles. The van der Waals surface area contributed by atoms with Crippen LogP contribution in [-0.4, -0.2) is 56.6 Å². The summed E-state index contributed by atoms with van der Waals surface area (Å²) in [5.41, 5.74) is 0.00533. The number of aryl methyl sites for hydroxylation is 1. The van der Waals surface area contributed by atoms with Gasteiger partial charge in [0.15, 0.2) is 0 Å². The summed E-state index contributed by atoms with van der Waals surface area (Å²) in [5, 5.41) is 24.7. The van der Waals surface area contributed by atoms with Crippen molar-refractivity contribution in [1.29, 1.82) is 0 Å². The highest BCUT2D eigenvalue weighted by Gasteiger charge is 2.43. The number of aromatic nitrogens is 2. The number of hydrogen-bond acceptors (Lipinski definition) is 4. The lowest BCUT2D eigenvalue weighted by Crippen LogP contribution is -2.56. The molecule has 7 heteroatoms. The van der Waals surface area contributed by atoms with Crippen LogP contribution in [0.1, 0.15) is 24.8 Å². The Bertz CT molecular complexity index is 735. The molecule has 2 N–H and O–H groups in total. The molecule has 1 saturated heterocycles. The Morgan fingerprint density at radius 3 is 2.78 bits per heavy atom. The van der Waals surface area contributed by atoms with Crippen molar-refractivity contribution in [2.45, 2.75) is 38.3 Å². The smallest absolute Gasteiger partial charge is 0.222 e. The van der Waals surface area contributed by atoms with Crippen LogP contribution in [0.4, 0.5) is 4.39 Å². The zero-order chi connectivity index (χ0) is 19.3. The van der Waals surface area contributed by atoms with E-state index in [1.165, 1.54) is 12.1 Å². The SMILES string of the molecule is O=C(CCCn1cccn1)N1CC[C@H](O)[C@@](CO)(Cc2ccc(F)cc2)C1. The van der Waals surface area contributed by atoms with E-state index < -0.39 is 11.5 Å². The minimum absolute atomic E-state index is 0.0194. The summed E-state index contributed by atoms with van der Waals surface area (Å²) >= 11 is 0. The third kappa shape index (κ3) is 4.73. The van der Waals surface area contributed by atoms with Crippen LogP contribution in [0.25, 0.3) is 0 Å². The number of halogens is 1. The first-order valence-electron chi connectivity index (χ1n) is 9.31. The zero-order valence-electron chi connectivity index (χ0n) is 15.3. The van der Waals surface area contributed by atoms with Gasteiger partial charge in [-0.15, -0.1) is 0 Å². The second kappa shape index (κ2) is 8.63. The minimum Gasteiger partial charge on any atom is -0.396 e. The first-order chi connectivity index (χ1) is 13.0. The Morgan fingerprint density at radius 2 is 2.11 bits per heavy atom. The molecule has 0 aliphatic carbocycles. The first-order valence-corrected chi connectivity index (χ1v) is 9.31. The third-order valence-corrected chi connectivity index (χ3v) is 5.36. The Balaban J connectivity index is 1.62. The van der Waals surface area contributed by atoms with E-state index in [9.17, 15) is 19.4 Å². The lowest BCUT2D eigenvalue weighted by molar-refractivity contribution is -0.142. The highest BCUT2D eigenvalue weighted by atomic mass is 19.1. The Labute approximate surface area is 158 Å². The molecule has 1 aromatic carbocycles. The predicted octanol–water partition coefficient (Wildman–Crippen LogP) is 1.62. The van der Waals surface area contributed by atoms with Gasteiger partial charge >= 0.3 is 0 Å². The van der Waals surface area contributed by atoms with Gasteiger partial charge in [-0.2, -0.15) is 5.10 Å². The van der Waals surface area contributed by atoms with Crippen molar-refractivity contribution in [3.05, 3.63) is 54.1 Å². The van der Waals surface area contributed by atoms with Crippen LogP contribution in [-0.2, 0) is 17.8 Å². The van der Waals surface area contributed by atoms with Gasteiger partial charge in [0.1, 0.15) is 5.82 Å². The normalized spacial score (nSPS) is 22.8. The number of carbonyl (C=O) groups excluding carboxylic acids is 1. The Morgan fingerprint density at radius 1 is 1.33 bits per heavy atom. The van der Waals surface area contributed by atoms with E-state index >= 15 is 0 Å². The molecule has 146 valence electrons. The maximum absolute atomic E-state index is 13.1. The molecule has 6 nitrogen and oxygen atoms in total.